The van der Waals surface area contributed by atoms with E-state index in [4.69, 9.17) is 16.3 Å². The van der Waals surface area contributed by atoms with Crippen LogP contribution in [-0.2, 0) is 11.3 Å². The van der Waals surface area contributed by atoms with Gasteiger partial charge in [0.1, 0.15) is 5.15 Å². The number of hydrogen-bond donors (Lipinski definition) is 1. The fourth-order valence-electron chi connectivity index (χ4n) is 2.08. The van der Waals surface area contributed by atoms with Crippen LogP contribution in [-0.4, -0.2) is 24.2 Å². The highest BCUT2D eigenvalue weighted by atomic mass is 35.5. The number of hydrogen-bond acceptors (Lipinski definition) is 3. The van der Waals surface area contributed by atoms with Crippen molar-refractivity contribution >= 4 is 11.6 Å². The van der Waals surface area contributed by atoms with Crippen molar-refractivity contribution in [2.75, 3.05) is 13.2 Å². The zero-order chi connectivity index (χ0) is 11.9. The van der Waals surface area contributed by atoms with Crippen molar-refractivity contribution in [3.63, 3.8) is 0 Å². The Hall–Kier alpha value is -0.640. The van der Waals surface area contributed by atoms with Crippen molar-refractivity contribution in [3.05, 3.63) is 29.0 Å². The Labute approximate surface area is 108 Å². The van der Waals surface area contributed by atoms with Crippen LogP contribution >= 0.6 is 11.6 Å². The number of ether oxygens (including phenoxy) is 1. The predicted octanol–water partition coefficient (Wildman–Crippen LogP) is 2.78. The van der Waals surface area contributed by atoms with Crippen LogP contribution in [0.5, 0.6) is 0 Å². The Balaban J connectivity index is 1.60. The number of nitrogens with one attached hydrogen (secondary N) is 1. The maximum absolute atomic E-state index is 5.71. The fourth-order valence-corrected chi connectivity index (χ4v) is 2.19. The van der Waals surface area contributed by atoms with Crippen LogP contribution in [0, 0.1) is 0 Å². The number of aromatic nitrogens is 1. The first-order valence-corrected chi connectivity index (χ1v) is 6.64. The Morgan fingerprint density at radius 2 is 2.35 bits per heavy atom. The molecule has 1 aliphatic rings. The second-order valence-electron chi connectivity index (χ2n) is 4.48. The molecule has 0 bridgehead atoms. The average molecular weight is 255 g/mol. The van der Waals surface area contributed by atoms with Crippen molar-refractivity contribution < 1.29 is 4.74 Å². The van der Waals surface area contributed by atoms with E-state index in [9.17, 15) is 0 Å². The molecule has 0 spiro atoms. The first-order valence-electron chi connectivity index (χ1n) is 6.26. The molecule has 0 saturated carbocycles. The molecule has 0 unspecified atom stereocenters. The lowest BCUT2D eigenvalue weighted by molar-refractivity contribution is 0.108. The molecule has 94 valence electrons. The molecule has 0 amide bonds. The van der Waals surface area contributed by atoms with Gasteiger partial charge < -0.3 is 10.1 Å². The quantitative estimate of drug-likeness (QED) is 0.648. The van der Waals surface area contributed by atoms with Gasteiger partial charge in [0.05, 0.1) is 6.61 Å². The van der Waals surface area contributed by atoms with Crippen LogP contribution in [0.15, 0.2) is 18.3 Å². The minimum Gasteiger partial charge on any atom is -0.377 e. The fraction of sp³-hybridized carbons (Fsp3) is 0.615. The standard InChI is InChI=1S/C13H19ClN2O/c14-13-5-4-11(9-16-13)10-17-8-6-12-3-1-2-7-15-12/h4-5,9,12,15H,1-3,6-8,10H2/t12-/m1/s1. The van der Waals surface area contributed by atoms with E-state index in [1.165, 1.54) is 19.3 Å². The maximum Gasteiger partial charge on any atom is 0.129 e. The van der Waals surface area contributed by atoms with Gasteiger partial charge in [0.2, 0.25) is 0 Å². The van der Waals surface area contributed by atoms with E-state index in [0.29, 0.717) is 17.8 Å². The van der Waals surface area contributed by atoms with Crippen LogP contribution in [0.3, 0.4) is 0 Å². The summed E-state index contributed by atoms with van der Waals surface area (Å²) >= 11 is 5.71. The Morgan fingerprint density at radius 1 is 1.41 bits per heavy atom. The number of nitrogens with zero attached hydrogens (tertiary/aromatic N) is 1. The van der Waals surface area contributed by atoms with E-state index in [1.54, 1.807) is 12.3 Å². The molecule has 17 heavy (non-hydrogen) atoms. The van der Waals surface area contributed by atoms with Gasteiger partial charge in [0, 0.05) is 18.8 Å². The van der Waals surface area contributed by atoms with Gasteiger partial charge in [-0.25, -0.2) is 4.98 Å². The highest BCUT2D eigenvalue weighted by molar-refractivity contribution is 6.29. The minimum atomic E-state index is 0.528. The van der Waals surface area contributed by atoms with E-state index >= 15 is 0 Å². The van der Waals surface area contributed by atoms with E-state index in [2.05, 4.69) is 10.3 Å². The Morgan fingerprint density at radius 3 is 3.06 bits per heavy atom. The molecule has 2 heterocycles. The monoisotopic (exact) mass is 254 g/mol. The van der Waals surface area contributed by atoms with Gasteiger partial charge in [0.25, 0.3) is 0 Å². The smallest absolute Gasteiger partial charge is 0.129 e. The maximum atomic E-state index is 5.71. The molecule has 0 aliphatic carbocycles. The molecule has 1 atom stereocenters. The lowest BCUT2D eigenvalue weighted by atomic mass is 10.0. The van der Waals surface area contributed by atoms with Gasteiger partial charge in [0.15, 0.2) is 0 Å². The highest BCUT2D eigenvalue weighted by Crippen LogP contribution is 2.11. The lowest BCUT2D eigenvalue weighted by Gasteiger charge is -2.23. The summed E-state index contributed by atoms with van der Waals surface area (Å²) in [4.78, 5) is 4.02. The Kier molecular flexibility index (Phi) is 5.23. The predicted molar refractivity (Wildman–Crippen MR) is 69.2 cm³/mol. The third kappa shape index (κ3) is 4.62. The summed E-state index contributed by atoms with van der Waals surface area (Å²) < 4.78 is 5.64. The zero-order valence-electron chi connectivity index (χ0n) is 9.99. The van der Waals surface area contributed by atoms with E-state index in [1.807, 2.05) is 6.07 Å². The first kappa shape index (κ1) is 12.8. The molecule has 1 fully saturated rings. The molecule has 2 rings (SSSR count). The Bertz CT molecular complexity index is 323. The zero-order valence-corrected chi connectivity index (χ0v) is 10.7. The average Bonchev–Trinajstić information content (AvgIpc) is 2.38. The van der Waals surface area contributed by atoms with E-state index < -0.39 is 0 Å². The SMILES string of the molecule is Clc1ccc(COCC[C@H]2CCCCN2)cn1. The number of halogens is 1. The van der Waals surface area contributed by atoms with Gasteiger partial charge in [-0.1, -0.05) is 24.1 Å². The third-order valence-corrected chi connectivity index (χ3v) is 3.30. The molecule has 1 N–H and O–H groups in total. The van der Waals surface area contributed by atoms with E-state index in [0.717, 1.165) is 25.1 Å². The summed E-state index contributed by atoms with van der Waals surface area (Å²) in [5, 5.41) is 4.04. The van der Waals surface area contributed by atoms with Crippen molar-refractivity contribution in [2.24, 2.45) is 0 Å². The molecule has 1 aromatic rings. The van der Waals surface area contributed by atoms with Gasteiger partial charge in [-0.05, 0) is 37.4 Å². The van der Waals surface area contributed by atoms with Crippen molar-refractivity contribution in [2.45, 2.75) is 38.3 Å². The van der Waals surface area contributed by atoms with E-state index in [-0.39, 0.29) is 0 Å². The summed E-state index contributed by atoms with van der Waals surface area (Å²) in [6.45, 7) is 2.59. The second-order valence-corrected chi connectivity index (χ2v) is 4.86. The highest BCUT2D eigenvalue weighted by Gasteiger charge is 2.11. The summed E-state index contributed by atoms with van der Waals surface area (Å²) in [5.41, 5.74) is 1.08. The van der Waals surface area contributed by atoms with Crippen molar-refractivity contribution in [3.8, 4) is 0 Å². The molecular formula is C13H19ClN2O. The summed E-state index contributed by atoms with van der Waals surface area (Å²) in [6.07, 6.45) is 6.81. The number of rotatable bonds is 5. The largest absolute Gasteiger partial charge is 0.377 e. The molecule has 1 aromatic heterocycles. The number of piperidine rings is 1. The van der Waals surface area contributed by atoms with Crippen LogP contribution in [0.2, 0.25) is 5.15 Å². The second kappa shape index (κ2) is 6.94. The van der Waals surface area contributed by atoms with Crippen molar-refractivity contribution in [1.82, 2.24) is 10.3 Å². The molecular weight excluding hydrogens is 236 g/mol. The third-order valence-electron chi connectivity index (χ3n) is 3.08. The number of pyridine rings is 1. The molecule has 0 radical (unpaired) electrons. The molecule has 3 nitrogen and oxygen atoms in total. The normalized spacial score (nSPS) is 20.4. The van der Waals surface area contributed by atoms with Crippen LogP contribution in [0.25, 0.3) is 0 Å². The molecule has 0 aromatic carbocycles. The molecule has 1 aliphatic heterocycles. The van der Waals surface area contributed by atoms with Crippen LogP contribution in [0.1, 0.15) is 31.2 Å². The summed E-state index contributed by atoms with van der Waals surface area (Å²) in [6, 6.07) is 4.39. The van der Waals surface area contributed by atoms with Gasteiger partial charge in [-0.2, -0.15) is 0 Å². The summed E-state index contributed by atoms with van der Waals surface area (Å²) in [5.74, 6) is 0. The molecule has 1 saturated heterocycles. The van der Waals surface area contributed by atoms with Crippen molar-refractivity contribution in [1.29, 1.82) is 0 Å². The van der Waals surface area contributed by atoms with Gasteiger partial charge in [-0.3, -0.25) is 0 Å². The molecule has 4 heteroatoms. The van der Waals surface area contributed by atoms with Gasteiger partial charge >= 0.3 is 0 Å². The van der Waals surface area contributed by atoms with Crippen LogP contribution in [0.4, 0.5) is 0 Å². The topological polar surface area (TPSA) is 34.1 Å². The van der Waals surface area contributed by atoms with Crippen LogP contribution < -0.4 is 5.32 Å². The lowest BCUT2D eigenvalue weighted by Crippen LogP contribution is -2.34. The first-order chi connectivity index (χ1) is 8.34. The summed E-state index contributed by atoms with van der Waals surface area (Å²) in [7, 11) is 0. The van der Waals surface area contributed by atoms with Gasteiger partial charge in [-0.15, -0.1) is 0 Å². The minimum absolute atomic E-state index is 0.528.